The average molecular weight is 606 g/mol. The van der Waals surface area contributed by atoms with Gasteiger partial charge in [-0.3, -0.25) is 9.59 Å². The Kier molecular flexibility index (Phi) is 11.0. The maximum atomic E-state index is 13.3. The number of amides is 1. The van der Waals surface area contributed by atoms with Crippen molar-refractivity contribution >= 4 is 27.8 Å². The van der Waals surface area contributed by atoms with Crippen LogP contribution >= 0.6 is 15.9 Å². The summed E-state index contributed by atoms with van der Waals surface area (Å²) < 4.78 is 6.45. The number of nitrogens with zero attached hydrogens (tertiary/aromatic N) is 1. The number of halogens is 1. The van der Waals surface area contributed by atoms with Gasteiger partial charge in [-0.1, -0.05) is 90.4 Å². The highest BCUT2D eigenvalue weighted by Crippen LogP contribution is 2.33. The van der Waals surface area contributed by atoms with Crippen molar-refractivity contribution in [2.75, 3.05) is 26.2 Å². The molecule has 1 aliphatic heterocycles. The van der Waals surface area contributed by atoms with Crippen molar-refractivity contribution in [3.8, 4) is 11.1 Å². The summed E-state index contributed by atoms with van der Waals surface area (Å²) in [6.07, 6.45) is 5.03. The number of carbonyl (C=O) groups is 2. The smallest absolute Gasteiger partial charge is 0.306 e. The Hall–Kier alpha value is -2.96. The molecule has 1 aliphatic rings. The zero-order valence-corrected chi connectivity index (χ0v) is 25.3. The molecule has 212 valence electrons. The Morgan fingerprint density at radius 2 is 1.65 bits per heavy atom. The van der Waals surface area contributed by atoms with E-state index in [0.29, 0.717) is 18.6 Å². The number of ether oxygens (including phenoxy) is 1. The predicted octanol–water partition coefficient (Wildman–Crippen LogP) is 7.39. The van der Waals surface area contributed by atoms with Gasteiger partial charge in [0.25, 0.3) is 5.91 Å². The van der Waals surface area contributed by atoms with Gasteiger partial charge in [-0.05, 0) is 73.5 Å². The first-order valence-electron chi connectivity index (χ1n) is 14.5. The zero-order valence-electron chi connectivity index (χ0n) is 23.7. The summed E-state index contributed by atoms with van der Waals surface area (Å²) >= 11 is 3.49. The van der Waals surface area contributed by atoms with Crippen LogP contribution in [0.25, 0.3) is 11.1 Å². The second-order valence-corrected chi connectivity index (χ2v) is 12.0. The van der Waals surface area contributed by atoms with E-state index in [1.807, 2.05) is 73.7 Å². The first kappa shape index (κ1) is 30.0. The first-order valence-corrected chi connectivity index (χ1v) is 15.3. The summed E-state index contributed by atoms with van der Waals surface area (Å²) in [7, 11) is 0. The van der Waals surface area contributed by atoms with E-state index in [9.17, 15) is 9.59 Å². The van der Waals surface area contributed by atoms with E-state index in [1.54, 1.807) is 0 Å². The minimum absolute atomic E-state index is 0.00874. The van der Waals surface area contributed by atoms with Crippen LogP contribution in [0.4, 0.5) is 0 Å². The lowest BCUT2D eigenvalue weighted by Crippen LogP contribution is -2.45. The van der Waals surface area contributed by atoms with Gasteiger partial charge in [-0.2, -0.15) is 0 Å². The van der Waals surface area contributed by atoms with E-state index in [2.05, 4.69) is 45.2 Å². The van der Waals surface area contributed by atoms with Crippen LogP contribution in [-0.4, -0.2) is 49.1 Å². The topological polar surface area (TPSA) is 58.6 Å². The number of piperidine rings is 1. The number of hydrogen-bond acceptors (Lipinski definition) is 4. The third-order valence-corrected chi connectivity index (χ3v) is 8.45. The number of esters is 1. The van der Waals surface area contributed by atoms with E-state index in [-0.39, 0.29) is 23.3 Å². The number of hydrogen-bond donors (Lipinski definition) is 1. The summed E-state index contributed by atoms with van der Waals surface area (Å²) in [5.41, 5.74) is 3.63. The Balaban J connectivity index is 1.28. The van der Waals surface area contributed by atoms with Gasteiger partial charge >= 0.3 is 5.97 Å². The minimum atomic E-state index is -0.249. The number of rotatable bonds is 12. The summed E-state index contributed by atoms with van der Waals surface area (Å²) in [5.74, 6) is -0.128. The molecule has 0 spiro atoms. The fraction of sp³-hybridized carbons (Fsp3) is 0.412. The quantitative estimate of drug-likeness (QED) is 0.219. The van der Waals surface area contributed by atoms with E-state index in [4.69, 9.17) is 4.74 Å². The van der Waals surface area contributed by atoms with Crippen LogP contribution in [0.15, 0.2) is 83.3 Å². The van der Waals surface area contributed by atoms with Crippen LogP contribution in [-0.2, 0) is 14.9 Å². The molecular weight excluding hydrogens is 564 g/mol. The second kappa shape index (κ2) is 14.6. The molecule has 1 heterocycles. The maximum absolute atomic E-state index is 13.3. The highest BCUT2D eigenvalue weighted by molar-refractivity contribution is 9.10. The maximum Gasteiger partial charge on any atom is 0.306 e. The van der Waals surface area contributed by atoms with Crippen LogP contribution in [0.2, 0.25) is 0 Å². The highest BCUT2D eigenvalue weighted by Gasteiger charge is 2.30. The number of likely N-dealkylation sites (tertiary alicyclic amines) is 1. The number of benzene rings is 3. The molecule has 1 unspecified atom stereocenters. The van der Waals surface area contributed by atoms with E-state index < -0.39 is 0 Å². The lowest BCUT2D eigenvalue weighted by molar-refractivity contribution is -0.145. The molecule has 1 amide bonds. The van der Waals surface area contributed by atoms with E-state index in [1.165, 1.54) is 5.56 Å². The van der Waals surface area contributed by atoms with Crippen LogP contribution in [0.5, 0.6) is 0 Å². The molecule has 6 heteroatoms. The molecule has 4 rings (SSSR count). The van der Waals surface area contributed by atoms with Gasteiger partial charge in [-0.25, -0.2) is 0 Å². The summed E-state index contributed by atoms with van der Waals surface area (Å²) in [6.45, 7) is 7.58. The molecule has 1 atom stereocenters. The number of carbonyl (C=O) groups excluding carboxylic acids is 2. The molecule has 1 N–H and O–H groups in total. The van der Waals surface area contributed by atoms with Crippen molar-refractivity contribution < 1.29 is 14.3 Å². The van der Waals surface area contributed by atoms with Crippen molar-refractivity contribution in [2.24, 2.45) is 0 Å². The zero-order chi connectivity index (χ0) is 28.4. The summed E-state index contributed by atoms with van der Waals surface area (Å²) in [5, 5.41) is 3.29. The van der Waals surface area contributed by atoms with Crippen LogP contribution in [0, 0.1) is 0 Å². The largest absolute Gasteiger partial charge is 0.466 e. The Bertz CT molecular complexity index is 1240. The highest BCUT2D eigenvalue weighted by atomic mass is 79.9. The molecule has 0 radical (unpaired) electrons. The molecule has 1 saturated heterocycles. The fourth-order valence-corrected chi connectivity index (χ4v) is 5.84. The van der Waals surface area contributed by atoms with Crippen LogP contribution < -0.4 is 5.32 Å². The molecule has 3 aromatic rings. The molecule has 0 bridgehead atoms. The standard InChI is InChI=1S/C34H41BrN2O3/c1-3-24-40-32(38)25-34(2,27-10-5-4-6-11-27)20-9-21-37-22-18-29(19-23-37)36-33(39)31-13-8-7-12-30(31)26-14-16-28(35)17-15-26/h4-8,10-17,29H,3,9,18-25H2,1-2H3,(H,36,39). The average Bonchev–Trinajstić information content (AvgIpc) is 2.98. The molecule has 40 heavy (non-hydrogen) atoms. The monoisotopic (exact) mass is 604 g/mol. The van der Waals surface area contributed by atoms with Gasteiger partial charge in [0.05, 0.1) is 13.0 Å². The van der Waals surface area contributed by atoms with Gasteiger partial charge in [0, 0.05) is 34.6 Å². The lowest BCUT2D eigenvalue weighted by Gasteiger charge is -2.34. The van der Waals surface area contributed by atoms with Crippen molar-refractivity contribution in [3.63, 3.8) is 0 Å². The predicted molar refractivity (Wildman–Crippen MR) is 165 cm³/mol. The van der Waals surface area contributed by atoms with Crippen molar-refractivity contribution in [2.45, 2.75) is 63.8 Å². The molecule has 0 saturated carbocycles. The molecule has 0 aromatic heterocycles. The fourth-order valence-electron chi connectivity index (χ4n) is 5.58. The van der Waals surface area contributed by atoms with Crippen molar-refractivity contribution in [1.29, 1.82) is 0 Å². The number of nitrogens with one attached hydrogen (secondary N) is 1. The molecule has 1 fully saturated rings. The lowest BCUT2D eigenvalue weighted by atomic mass is 9.76. The van der Waals surface area contributed by atoms with Crippen LogP contribution in [0.1, 0.15) is 68.3 Å². The summed E-state index contributed by atoms with van der Waals surface area (Å²) in [4.78, 5) is 28.3. The van der Waals surface area contributed by atoms with Gasteiger partial charge in [0.1, 0.15) is 0 Å². The SMILES string of the molecule is CCCOC(=O)CC(C)(CCCN1CCC(NC(=O)c2ccccc2-c2ccc(Br)cc2)CC1)c1ccccc1. The van der Waals surface area contributed by atoms with Crippen molar-refractivity contribution in [3.05, 3.63) is 94.5 Å². The molecule has 0 aliphatic carbocycles. The third kappa shape index (κ3) is 8.28. The Morgan fingerprint density at radius 3 is 2.35 bits per heavy atom. The van der Waals surface area contributed by atoms with Gasteiger partial charge in [-0.15, -0.1) is 0 Å². The first-order chi connectivity index (χ1) is 19.4. The van der Waals surface area contributed by atoms with Gasteiger partial charge < -0.3 is 15.0 Å². The van der Waals surface area contributed by atoms with Crippen LogP contribution in [0.3, 0.4) is 0 Å². The Labute approximate surface area is 247 Å². The third-order valence-electron chi connectivity index (χ3n) is 7.92. The Morgan fingerprint density at radius 1 is 0.975 bits per heavy atom. The van der Waals surface area contributed by atoms with E-state index >= 15 is 0 Å². The van der Waals surface area contributed by atoms with Crippen molar-refractivity contribution in [1.82, 2.24) is 10.2 Å². The summed E-state index contributed by atoms with van der Waals surface area (Å²) in [6, 6.07) is 26.4. The van der Waals surface area contributed by atoms with E-state index in [0.717, 1.165) is 67.3 Å². The minimum Gasteiger partial charge on any atom is -0.466 e. The normalized spacial score (nSPS) is 15.8. The van der Waals surface area contributed by atoms with Gasteiger partial charge in [0.15, 0.2) is 0 Å². The van der Waals surface area contributed by atoms with Gasteiger partial charge in [0.2, 0.25) is 0 Å². The second-order valence-electron chi connectivity index (χ2n) is 11.1. The molecular formula is C34H41BrN2O3. The molecule has 5 nitrogen and oxygen atoms in total. The molecule has 3 aromatic carbocycles.